The maximum Gasteiger partial charge on any atom is 0.0700 e. The Hall–Kier alpha value is 10.0. The van der Waals surface area contributed by atoms with Crippen LogP contribution >= 0.6 is 365 Å². The molecule has 3 nitrogen and oxygen atoms in total. The number of thioether (sulfide) groups is 2. The Balaban J connectivity index is -0.0000000724. The summed E-state index contributed by atoms with van der Waals surface area (Å²) in [5.41, 5.74) is 0. The Kier molecular flexibility index (Phi) is 227. The maximum absolute atomic E-state index is 5.10. The first kappa shape index (κ1) is 136. The second kappa shape index (κ2) is 162. The number of ether oxygens (including phenoxy) is 3. The average Bonchev–Trinajstić information content (AvgIpc) is 3.62. The van der Waals surface area contributed by atoms with E-state index in [9.17, 15) is 0 Å². The molecular weight excluding hydrogens is 1760 g/mol. The van der Waals surface area contributed by atoms with E-state index in [0.717, 1.165) is 153 Å². The highest BCUT2D eigenvalue weighted by Crippen LogP contribution is 2.12. The van der Waals surface area contributed by atoms with Crippen molar-refractivity contribution in [2.75, 3.05) is 189 Å². The van der Waals surface area contributed by atoms with Crippen LogP contribution < -0.4 is 0 Å². The average molecular weight is 1920 g/mol. The van der Waals surface area contributed by atoms with Gasteiger partial charge in [0, 0.05) is 61.8 Å². The van der Waals surface area contributed by atoms with E-state index >= 15 is 0 Å². The molecule has 0 saturated heterocycles. The molecule has 0 amide bonds. The number of unbranched alkanes of at least 4 members (excludes halogenated alkanes) is 18. The molecule has 0 rings (SSSR count). The molecule has 0 fully saturated rings. The highest BCUT2D eigenvalue weighted by molar-refractivity contribution is 8.01. The van der Waals surface area contributed by atoms with Gasteiger partial charge in [-0.15, -0.1) is 0 Å². The third-order valence-electron chi connectivity index (χ3n) is 10.2. The van der Waals surface area contributed by atoms with Crippen LogP contribution in [0.2, 0.25) is 0 Å². The molecule has 97 heavy (non-hydrogen) atoms. The SMILES string of the molecule is CC(S)C(S)S.CC(S)CS.CCC(S)CS.SCCCCCCCCCCS.SCCCCCCCCS.SCCCCCCS.SCCCCCS.SCCCCS.SCCCS.SCCOCCOCCS.SCCOCCS.SCCS.SCCSCCCSCCS. The third-order valence-corrected chi connectivity index (χ3v) is 22.7. The maximum atomic E-state index is 5.10. The molecule has 0 aromatic rings. The lowest BCUT2D eigenvalue weighted by molar-refractivity contribution is 0.0606. The minimum atomic E-state index is 0.105. The number of hydrogen-bond acceptors (Lipinski definition) is 32. The quantitative estimate of drug-likeness (QED) is 0.0169. The lowest BCUT2D eigenvalue weighted by Gasteiger charge is -2.02. The van der Waals surface area contributed by atoms with Crippen molar-refractivity contribution in [1.29, 1.82) is 0 Å². The zero-order chi connectivity index (χ0) is 76.9. The summed E-state index contributed by atoms with van der Waals surface area (Å²) in [5.74, 6) is 25.9. The Morgan fingerprint density at radius 1 is 0.227 bits per heavy atom. The third kappa shape index (κ3) is 234. The lowest BCUT2D eigenvalue weighted by atomic mass is 10.1. The smallest absolute Gasteiger partial charge is 0.0700 e. The second-order valence-corrected chi connectivity index (χ2v) is 35.9. The Morgan fingerprint density at radius 2 is 0.423 bits per heavy atom. The van der Waals surface area contributed by atoms with E-state index in [0.29, 0.717) is 36.9 Å². The Morgan fingerprint density at radius 3 is 0.557 bits per heavy atom. The fourth-order valence-electron chi connectivity index (χ4n) is 4.89. The first-order chi connectivity index (χ1) is 46.9. The molecule has 0 aliphatic rings. The predicted octanol–water partition coefficient (Wildman–Crippen LogP) is 24.1. The first-order valence-corrected chi connectivity index (χ1v) is 53.4. The normalized spacial score (nSPS) is 10.7. The van der Waals surface area contributed by atoms with E-state index in [1.807, 2.05) is 37.4 Å². The minimum absolute atomic E-state index is 0.105. The van der Waals surface area contributed by atoms with E-state index in [4.69, 9.17) is 14.2 Å². The zero-order valence-corrected chi connectivity index (χ0v) is 86.2. The Bertz CT molecular complexity index is 939. The van der Waals surface area contributed by atoms with Gasteiger partial charge in [-0.3, -0.25) is 0 Å². The van der Waals surface area contributed by atoms with E-state index in [1.165, 1.54) is 177 Å². The summed E-state index contributed by atoms with van der Waals surface area (Å²) in [4.78, 5) is 0. The topological polar surface area (TPSA) is 27.7 Å². The molecule has 608 valence electrons. The van der Waals surface area contributed by atoms with Gasteiger partial charge in [0.15, 0.2) is 0 Å². The summed E-state index contributed by atoms with van der Waals surface area (Å²) in [6, 6.07) is 0. The van der Waals surface area contributed by atoms with Crippen molar-refractivity contribution in [3.63, 3.8) is 0 Å². The van der Waals surface area contributed by atoms with E-state index < -0.39 is 0 Å². The van der Waals surface area contributed by atoms with Gasteiger partial charge in [0.05, 0.1) is 44.2 Å². The van der Waals surface area contributed by atoms with Crippen LogP contribution in [0.15, 0.2) is 0 Å². The number of thiol groups is 27. The molecule has 0 bridgehead atoms. The summed E-state index contributed by atoms with van der Waals surface area (Å²) in [7, 11) is 0. The molecule has 32 heteroatoms. The van der Waals surface area contributed by atoms with Crippen molar-refractivity contribution in [2.24, 2.45) is 0 Å². The highest BCUT2D eigenvalue weighted by atomic mass is 32.2. The standard InChI is InChI=1S/C10H22S2.C8H18S2.C7H16S4.C6H14O2S2.C6H14S2.C5H12S2.C4H10OS2.2C4H10S2.C3H8S3.2C3H8S2.C2H6S2/c11-9-7-5-3-1-2-4-6-8-10-12;9-7-5-3-1-2-4-6-8-10;8-2-6-10-4-1-5-11-7-3-9;9-5-3-7-1-2-8-4-6-10;7-5-3-1-2-4-6-8;6-4-2-1-3-5-7;6-3-1-5-2-4-7;1-2-4(6)3-5;5-3-1-2-4-6;1-2(4)3(5)6;1-3(5)2-4;4-2-1-3-5;3-1-2-4/h11-12H,1-10H2;9-10H,1-8H2;8-9H,1-7H2;9-10H,1-6H2;7-8H,1-6H2;6-7H,1-5H2;6-7H,1-4H2;4-6H,2-3H2,1H3;5-6H,1-4H2;2-6H,1H3;3-5H,2H2,1H3;4-5H,1-3H2;3-4H,1-2H2. The molecule has 0 radical (unpaired) electrons. The fraction of sp³-hybridized carbons (Fsp3) is 1.00. The molecule has 3 unspecified atom stereocenters. The van der Waals surface area contributed by atoms with E-state index in [2.05, 4.69) is 348 Å². The molecule has 0 spiro atoms. The van der Waals surface area contributed by atoms with Gasteiger partial charge in [0.1, 0.15) is 0 Å². The molecule has 0 N–H and O–H groups in total. The lowest BCUT2D eigenvalue weighted by Crippen LogP contribution is -2.07. The van der Waals surface area contributed by atoms with Gasteiger partial charge in [-0.05, 0) is 187 Å². The summed E-state index contributed by atoms with van der Waals surface area (Å²) in [5, 5.41) is 1.21. The van der Waals surface area contributed by atoms with E-state index in [1.54, 1.807) is 0 Å². The van der Waals surface area contributed by atoms with Crippen molar-refractivity contribution in [1.82, 2.24) is 0 Å². The van der Waals surface area contributed by atoms with Crippen LogP contribution in [0, 0.1) is 0 Å². The van der Waals surface area contributed by atoms with Crippen molar-refractivity contribution in [2.45, 2.75) is 208 Å². The molecule has 0 aromatic carbocycles. The summed E-state index contributed by atoms with van der Waals surface area (Å²) < 4.78 is 15.3. The number of rotatable bonds is 54. The first-order valence-electron chi connectivity index (χ1n) is 34.6. The van der Waals surface area contributed by atoms with Crippen molar-refractivity contribution in [3.05, 3.63) is 0 Å². The van der Waals surface area contributed by atoms with Gasteiger partial charge in [-0.1, -0.05) is 104 Å². The van der Waals surface area contributed by atoms with Gasteiger partial charge in [0.2, 0.25) is 0 Å². The van der Waals surface area contributed by atoms with Crippen molar-refractivity contribution >= 4 is 365 Å². The van der Waals surface area contributed by atoms with Gasteiger partial charge in [-0.2, -0.15) is 365 Å². The minimum Gasteiger partial charge on any atom is -0.380 e. The van der Waals surface area contributed by atoms with Crippen LogP contribution in [-0.2, 0) is 14.2 Å². The van der Waals surface area contributed by atoms with Gasteiger partial charge in [-0.25, -0.2) is 0 Å². The molecule has 0 saturated carbocycles. The molecule has 0 aromatic heterocycles. The zero-order valence-electron chi connectivity index (χ0n) is 60.4. The summed E-state index contributed by atoms with van der Waals surface area (Å²) in [6.45, 7) is 10.3. The van der Waals surface area contributed by atoms with E-state index in [-0.39, 0.29) is 9.83 Å². The van der Waals surface area contributed by atoms with Crippen LogP contribution in [0.25, 0.3) is 0 Å². The Labute approximate surface area is 765 Å². The van der Waals surface area contributed by atoms with Crippen LogP contribution in [0.4, 0.5) is 0 Å². The monoisotopic (exact) mass is 1910 g/mol. The van der Waals surface area contributed by atoms with Gasteiger partial charge < -0.3 is 14.2 Å². The van der Waals surface area contributed by atoms with Crippen LogP contribution in [0.5, 0.6) is 0 Å². The van der Waals surface area contributed by atoms with Crippen molar-refractivity contribution in [3.8, 4) is 0 Å². The summed E-state index contributed by atoms with van der Waals surface area (Å²) in [6.07, 6.45) is 33.9. The molecule has 3 atom stereocenters. The largest absolute Gasteiger partial charge is 0.380 e. The molecule has 0 aliphatic carbocycles. The highest BCUT2D eigenvalue weighted by Gasteiger charge is 1.99. The number of hydrogen-bond donors (Lipinski definition) is 27. The molecule has 0 heterocycles. The van der Waals surface area contributed by atoms with Gasteiger partial charge in [0.25, 0.3) is 0 Å². The van der Waals surface area contributed by atoms with Crippen LogP contribution in [-0.4, -0.2) is 210 Å². The molecular formula is C65H156O3S29. The van der Waals surface area contributed by atoms with Crippen molar-refractivity contribution < 1.29 is 14.2 Å². The fourth-order valence-corrected chi connectivity index (χ4v) is 10.8. The molecule has 0 aliphatic heterocycles. The summed E-state index contributed by atoms with van der Waals surface area (Å²) >= 11 is 113. The van der Waals surface area contributed by atoms with Crippen LogP contribution in [0.1, 0.15) is 188 Å². The van der Waals surface area contributed by atoms with Gasteiger partial charge >= 0.3 is 0 Å². The second-order valence-electron chi connectivity index (χ2n) is 19.8. The van der Waals surface area contributed by atoms with Crippen LogP contribution in [0.3, 0.4) is 0 Å². The predicted molar refractivity (Wildman–Crippen MR) is 569 cm³/mol.